The largest absolute Gasteiger partial charge is 0.483 e. The number of hydrogen-bond donors (Lipinski definition) is 1. The summed E-state index contributed by atoms with van der Waals surface area (Å²) in [4.78, 5) is 14.3. The summed E-state index contributed by atoms with van der Waals surface area (Å²) in [5.41, 5.74) is 1.11. The van der Waals surface area contributed by atoms with Gasteiger partial charge in [0.25, 0.3) is 5.91 Å². The molecule has 2 aliphatic rings. The number of para-hydroxylation sites is 1. The number of ether oxygens (including phenoxy) is 2. The fraction of sp³-hybridized carbons (Fsp3) is 0.696. The molecule has 0 aromatic heterocycles. The molecule has 5 heteroatoms. The molecule has 1 aliphatic heterocycles. The average Bonchev–Trinajstić information content (AvgIpc) is 2.72. The number of nitrogens with zero attached hydrogens (tertiary/aromatic N) is 1. The molecule has 2 unspecified atom stereocenters. The first-order valence-corrected chi connectivity index (χ1v) is 10.9. The van der Waals surface area contributed by atoms with Crippen LogP contribution in [0.25, 0.3) is 0 Å². The van der Waals surface area contributed by atoms with Gasteiger partial charge in [-0.1, -0.05) is 50.3 Å². The summed E-state index contributed by atoms with van der Waals surface area (Å²) in [5, 5.41) is 3.65. The Morgan fingerprint density at radius 3 is 2.86 bits per heavy atom. The Morgan fingerprint density at radius 2 is 2.07 bits per heavy atom. The standard InChI is InChI=1S/C23H36N2O3/c1-18(14-20-8-4-3-5-9-20)24-15-21-10-6-7-11-22(21)28-17-23(26)25-12-13-27-19(2)16-25/h6-7,10-11,18-20,24H,3-5,8-9,12-17H2,1-2H3. The lowest BCUT2D eigenvalue weighted by atomic mass is 9.85. The molecule has 3 rings (SSSR count). The van der Waals surface area contributed by atoms with E-state index in [4.69, 9.17) is 9.47 Å². The summed E-state index contributed by atoms with van der Waals surface area (Å²) in [6.07, 6.45) is 8.30. The van der Waals surface area contributed by atoms with E-state index < -0.39 is 0 Å². The number of hydrogen-bond acceptors (Lipinski definition) is 4. The van der Waals surface area contributed by atoms with Gasteiger partial charge >= 0.3 is 0 Å². The summed E-state index contributed by atoms with van der Waals surface area (Å²) >= 11 is 0. The molecule has 1 saturated heterocycles. The van der Waals surface area contributed by atoms with Crippen molar-refractivity contribution in [2.24, 2.45) is 5.92 Å². The predicted molar refractivity (Wildman–Crippen MR) is 111 cm³/mol. The van der Waals surface area contributed by atoms with Crippen molar-refractivity contribution in [3.8, 4) is 5.75 Å². The number of carbonyl (C=O) groups is 1. The Kier molecular flexibility index (Phi) is 8.16. The lowest BCUT2D eigenvalue weighted by Crippen LogP contribution is -2.46. The molecule has 156 valence electrons. The Hall–Kier alpha value is -1.59. The Morgan fingerprint density at radius 1 is 1.29 bits per heavy atom. The van der Waals surface area contributed by atoms with Crippen molar-refractivity contribution in [1.29, 1.82) is 0 Å². The molecule has 1 amide bonds. The van der Waals surface area contributed by atoms with Crippen LogP contribution in [0.2, 0.25) is 0 Å². The van der Waals surface area contributed by atoms with E-state index in [2.05, 4.69) is 18.3 Å². The van der Waals surface area contributed by atoms with Gasteiger partial charge in [-0.05, 0) is 32.3 Å². The molecule has 0 bridgehead atoms. The van der Waals surface area contributed by atoms with Crippen LogP contribution in [0.3, 0.4) is 0 Å². The summed E-state index contributed by atoms with van der Waals surface area (Å²) in [6.45, 7) is 7.02. The number of morpholine rings is 1. The third-order valence-electron chi connectivity index (χ3n) is 5.97. The van der Waals surface area contributed by atoms with Gasteiger partial charge in [0.15, 0.2) is 6.61 Å². The van der Waals surface area contributed by atoms with Crippen molar-refractivity contribution in [3.63, 3.8) is 0 Å². The van der Waals surface area contributed by atoms with E-state index in [0.717, 1.165) is 23.8 Å². The van der Waals surface area contributed by atoms with Gasteiger partial charge in [-0.25, -0.2) is 0 Å². The van der Waals surface area contributed by atoms with E-state index in [1.165, 1.54) is 38.5 Å². The maximum Gasteiger partial charge on any atom is 0.260 e. The van der Waals surface area contributed by atoms with Gasteiger partial charge in [0.1, 0.15) is 5.75 Å². The van der Waals surface area contributed by atoms with Crippen LogP contribution in [0.5, 0.6) is 5.75 Å². The fourth-order valence-corrected chi connectivity index (χ4v) is 4.36. The minimum absolute atomic E-state index is 0.0311. The normalized spacial score (nSPS) is 22.1. The van der Waals surface area contributed by atoms with Crippen molar-refractivity contribution in [2.45, 2.75) is 71.1 Å². The first-order chi connectivity index (χ1) is 13.6. The van der Waals surface area contributed by atoms with Gasteiger partial charge in [-0.15, -0.1) is 0 Å². The SMILES string of the molecule is CC(CC1CCCCC1)NCc1ccccc1OCC(=O)N1CCOC(C)C1. The van der Waals surface area contributed by atoms with Crippen LogP contribution < -0.4 is 10.1 Å². The third kappa shape index (κ3) is 6.49. The van der Waals surface area contributed by atoms with E-state index in [1.54, 1.807) is 0 Å². The van der Waals surface area contributed by atoms with Crippen LogP contribution in [-0.2, 0) is 16.1 Å². The van der Waals surface area contributed by atoms with Gasteiger partial charge in [0.2, 0.25) is 0 Å². The molecular weight excluding hydrogens is 352 g/mol. The molecular formula is C23H36N2O3. The lowest BCUT2D eigenvalue weighted by molar-refractivity contribution is -0.140. The molecule has 2 atom stereocenters. The lowest BCUT2D eigenvalue weighted by Gasteiger charge is -2.31. The molecule has 1 aromatic rings. The average molecular weight is 389 g/mol. The van der Waals surface area contributed by atoms with Crippen LogP contribution in [0.1, 0.15) is 57.9 Å². The van der Waals surface area contributed by atoms with E-state index in [-0.39, 0.29) is 18.6 Å². The second-order valence-corrected chi connectivity index (χ2v) is 8.44. The highest BCUT2D eigenvalue weighted by atomic mass is 16.5. The molecule has 1 saturated carbocycles. The highest BCUT2D eigenvalue weighted by Gasteiger charge is 2.22. The monoisotopic (exact) mass is 388 g/mol. The molecule has 1 heterocycles. The van der Waals surface area contributed by atoms with Gasteiger partial charge in [-0.3, -0.25) is 4.79 Å². The van der Waals surface area contributed by atoms with E-state index >= 15 is 0 Å². The quantitative estimate of drug-likeness (QED) is 0.737. The molecule has 28 heavy (non-hydrogen) atoms. The van der Waals surface area contributed by atoms with Gasteiger partial charge in [0.05, 0.1) is 12.7 Å². The van der Waals surface area contributed by atoms with Crippen molar-refractivity contribution < 1.29 is 14.3 Å². The molecule has 0 spiro atoms. The van der Waals surface area contributed by atoms with Crippen LogP contribution in [0, 0.1) is 5.92 Å². The molecule has 2 fully saturated rings. The zero-order valence-electron chi connectivity index (χ0n) is 17.5. The topological polar surface area (TPSA) is 50.8 Å². The van der Waals surface area contributed by atoms with Crippen LogP contribution in [0.4, 0.5) is 0 Å². The van der Waals surface area contributed by atoms with Crippen LogP contribution >= 0.6 is 0 Å². The molecule has 5 nitrogen and oxygen atoms in total. The highest BCUT2D eigenvalue weighted by Crippen LogP contribution is 2.27. The number of carbonyl (C=O) groups excluding carboxylic acids is 1. The summed E-state index contributed by atoms with van der Waals surface area (Å²) in [6, 6.07) is 8.52. The summed E-state index contributed by atoms with van der Waals surface area (Å²) in [5.74, 6) is 1.70. The third-order valence-corrected chi connectivity index (χ3v) is 5.97. The maximum absolute atomic E-state index is 12.4. The Balaban J connectivity index is 1.46. The predicted octanol–water partition coefficient (Wildman–Crippen LogP) is 3.76. The molecule has 1 N–H and O–H groups in total. The van der Waals surface area contributed by atoms with Crippen molar-refractivity contribution in [3.05, 3.63) is 29.8 Å². The van der Waals surface area contributed by atoms with Crippen molar-refractivity contribution >= 4 is 5.91 Å². The highest BCUT2D eigenvalue weighted by molar-refractivity contribution is 5.78. The summed E-state index contributed by atoms with van der Waals surface area (Å²) < 4.78 is 11.4. The maximum atomic E-state index is 12.4. The molecule has 1 aliphatic carbocycles. The number of nitrogens with one attached hydrogen (secondary N) is 1. The van der Waals surface area contributed by atoms with Crippen LogP contribution in [-0.4, -0.2) is 49.3 Å². The van der Waals surface area contributed by atoms with Gasteiger partial charge < -0.3 is 19.7 Å². The Labute approximate surface area is 169 Å². The number of benzene rings is 1. The minimum Gasteiger partial charge on any atom is -0.483 e. The molecule has 0 radical (unpaired) electrons. The zero-order chi connectivity index (χ0) is 19.8. The van der Waals surface area contributed by atoms with Crippen molar-refractivity contribution in [1.82, 2.24) is 10.2 Å². The second kappa shape index (κ2) is 10.8. The van der Waals surface area contributed by atoms with E-state index in [0.29, 0.717) is 25.7 Å². The Bertz CT molecular complexity index is 616. The van der Waals surface area contributed by atoms with E-state index in [1.807, 2.05) is 30.0 Å². The zero-order valence-corrected chi connectivity index (χ0v) is 17.5. The number of rotatable bonds is 8. The van der Waals surface area contributed by atoms with Crippen molar-refractivity contribution in [2.75, 3.05) is 26.3 Å². The molecule has 1 aromatic carbocycles. The minimum atomic E-state index is 0.0311. The second-order valence-electron chi connectivity index (χ2n) is 8.44. The fourth-order valence-electron chi connectivity index (χ4n) is 4.36. The number of amides is 1. The smallest absolute Gasteiger partial charge is 0.260 e. The van der Waals surface area contributed by atoms with Gasteiger partial charge in [0, 0.05) is 31.2 Å². The summed E-state index contributed by atoms with van der Waals surface area (Å²) in [7, 11) is 0. The first-order valence-electron chi connectivity index (χ1n) is 10.9. The van der Waals surface area contributed by atoms with E-state index in [9.17, 15) is 4.79 Å². The van der Waals surface area contributed by atoms with Crippen LogP contribution in [0.15, 0.2) is 24.3 Å². The van der Waals surface area contributed by atoms with Gasteiger partial charge in [-0.2, -0.15) is 0 Å². The first kappa shape index (κ1) is 21.1.